The maximum Gasteiger partial charge on any atom is 0.356 e. The van der Waals surface area contributed by atoms with E-state index in [2.05, 4.69) is 20.4 Å². The molecule has 6 nitrogen and oxygen atoms in total. The monoisotopic (exact) mass is 346 g/mol. The molecule has 0 aliphatic carbocycles. The van der Waals surface area contributed by atoms with Crippen molar-refractivity contribution in [3.8, 4) is 0 Å². The first-order chi connectivity index (χ1) is 12.6. The zero-order chi connectivity index (χ0) is 18.4. The van der Waals surface area contributed by atoms with E-state index in [0.29, 0.717) is 5.82 Å². The van der Waals surface area contributed by atoms with Gasteiger partial charge in [0.25, 0.3) is 0 Å². The number of fused-ring (bicyclic) bond motifs is 1. The molecule has 0 fully saturated rings. The third kappa shape index (κ3) is 4.36. The summed E-state index contributed by atoms with van der Waals surface area (Å²) in [6.45, 7) is 1.95. The Morgan fingerprint density at radius 1 is 1.15 bits per heavy atom. The lowest BCUT2D eigenvalue weighted by molar-refractivity contribution is -0.132. The molecule has 1 N–H and O–H groups in total. The average Bonchev–Trinajstić information content (AvgIpc) is 2.65. The van der Waals surface area contributed by atoms with Gasteiger partial charge >= 0.3 is 5.97 Å². The van der Waals surface area contributed by atoms with E-state index in [-0.39, 0.29) is 11.6 Å². The number of carbonyl (C=O) groups is 1. The first kappa shape index (κ1) is 17.4. The SMILES string of the molecule is CC(C=C(N=Nc1nncc2ccccc12)C(=O)O)Cc1ccccc1. The zero-order valence-electron chi connectivity index (χ0n) is 14.3. The molecule has 26 heavy (non-hydrogen) atoms. The molecule has 3 aromatic rings. The third-order valence-corrected chi connectivity index (χ3v) is 3.87. The van der Waals surface area contributed by atoms with Gasteiger partial charge in [0.05, 0.1) is 6.20 Å². The van der Waals surface area contributed by atoms with E-state index in [1.54, 1.807) is 12.3 Å². The van der Waals surface area contributed by atoms with Crippen molar-refractivity contribution in [2.75, 3.05) is 0 Å². The Kier molecular flexibility index (Phi) is 5.43. The Hall–Kier alpha value is -3.41. The van der Waals surface area contributed by atoms with Crippen molar-refractivity contribution in [2.24, 2.45) is 16.1 Å². The molecular weight excluding hydrogens is 328 g/mol. The number of aliphatic carboxylic acids is 1. The summed E-state index contributed by atoms with van der Waals surface area (Å²) in [4.78, 5) is 11.5. The summed E-state index contributed by atoms with van der Waals surface area (Å²) in [5.74, 6) is -0.825. The lowest BCUT2D eigenvalue weighted by Crippen LogP contribution is -2.03. The van der Waals surface area contributed by atoms with Crippen molar-refractivity contribution >= 4 is 22.6 Å². The lowest BCUT2D eigenvalue weighted by Gasteiger charge is -2.06. The lowest BCUT2D eigenvalue weighted by atomic mass is 10.0. The van der Waals surface area contributed by atoms with Crippen LogP contribution in [0.2, 0.25) is 0 Å². The van der Waals surface area contributed by atoms with Gasteiger partial charge in [-0.05, 0) is 24.0 Å². The van der Waals surface area contributed by atoms with Gasteiger partial charge in [0, 0.05) is 10.8 Å². The second kappa shape index (κ2) is 8.11. The molecule has 0 aliphatic rings. The van der Waals surface area contributed by atoms with Crippen molar-refractivity contribution in [1.29, 1.82) is 0 Å². The number of carboxylic acids is 1. The van der Waals surface area contributed by atoms with Gasteiger partial charge in [0.2, 0.25) is 5.82 Å². The summed E-state index contributed by atoms with van der Waals surface area (Å²) in [5, 5.41) is 26.8. The maximum atomic E-state index is 11.5. The first-order valence-corrected chi connectivity index (χ1v) is 8.24. The van der Waals surface area contributed by atoms with E-state index in [1.165, 1.54) is 0 Å². The molecule has 1 atom stereocenters. The molecular formula is C20H18N4O2. The van der Waals surface area contributed by atoms with Gasteiger partial charge < -0.3 is 5.11 Å². The summed E-state index contributed by atoms with van der Waals surface area (Å²) < 4.78 is 0. The van der Waals surface area contributed by atoms with Gasteiger partial charge in [0.1, 0.15) is 0 Å². The van der Waals surface area contributed by atoms with Crippen LogP contribution in [-0.4, -0.2) is 21.3 Å². The minimum Gasteiger partial charge on any atom is -0.476 e. The fraction of sp³-hybridized carbons (Fsp3) is 0.150. The molecule has 0 saturated carbocycles. The molecule has 0 aliphatic heterocycles. The van der Waals surface area contributed by atoms with Crippen molar-refractivity contribution in [2.45, 2.75) is 13.3 Å². The van der Waals surface area contributed by atoms with Gasteiger partial charge in [0.15, 0.2) is 5.70 Å². The van der Waals surface area contributed by atoms with Gasteiger partial charge in [-0.15, -0.1) is 15.3 Å². The highest BCUT2D eigenvalue weighted by Crippen LogP contribution is 2.23. The Balaban J connectivity index is 1.83. The molecule has 0 amide bonds. The minimum atomic E-state index is -1.12. The van der Waals surface area contributed by atoms with Crippen LogP contribution >= 0.6 is 0 Å². The van der Waals surface area contributed by atoms with E-state index in [1.807, 2.05) is 61.5 Å². The van der Waals surface area contributed by atoms with Crippen molar-refractivity contribution in [3.63, 3.8) is 0 Å². The second-order valence-corrected chi connectivity index (χ2v) is 5.98. The fourth-order valence-electron chi connectivity index (χ4n) is 2.65. The normalized spacial score (nSPS) is 13.2. The number of hydrogen-bond acceptors (Lipinski definition) is 5. The van der Waals surface area contributed by atoms with Gasteiger partial charge in [-0.1, -0.05) is 61.5 Å². The van der Waals surface area contributed by atoms with Crippen LogP contribution in [0.1, 0.15) is 12.5 Å². The number of hydrogen-bond donors (Lipinski definition) is 1. The number of nitrogens with zero attached hydrogens (tertiary/aromatic N) is 4. The predicted molar refractivity (Wildman–Crippen MR) is 99.1 cm³/mol. The molecule has 2 aromatic carbocycles. The Morgan fingerprint density at radius 2 is 1.88 bits per heavy atom. The van der Waals surface area contributed by atoms with Crippen LogP contribution in [0.5, 0.6) is 0 Å². The number of rotatable bonds is 6. The van der Waals surface area contributed by atoms with Crippen molar-refractivity contribution in [3.05, 3.63) is 78.1 Å². The summed E-state index contributed by atoms with van der Waals surface area (Å²) in [6.07, 6.45) is 3.96. The quantitative estimate of drug-likeness (QED) is 0.523. The molecule has 130 valence electrons. The number of benzene rings is 2. The highest BCUT2D eigenvalue weighted by atomic mass is 16.4. The van der Waals surface area contributed by atoms with Crippen LogP contribution in [0.25, 0.3) is 10.8 Å². The van der Waals surface area contributed by atoms with E-state index < -0.39 is 5.97 Å². The molecule has 3 rings (SSSR count). The molecule has 6 heteroatoms. The number of aromatic nitrogens is 2. The highest BCUT2D eigenvalue weighted by Gasteiger charge is 2.10. The first-order valence-electron chi connectivity index (χ1n) is 8.24. The zero-order valence-corrected chi connectivity index (χ0v) is 14.3. The van der Waals surface area contributed by atoms with Crippen LogP contribution in [0.15, 0.2) is 82.8 Å². The van der Waals surface area contributed by atoms with Crippen LogP contribution in [0, 0.1) is 5.92 Å². The molecule has 1 heterocycles. The van der Waals surface area contributed by atoms with Crippen LogP contribution in [-0.2, 0) is 11.2 Å². The topological polar surface area (TPSA) is 87.8 Å². The molecule has 0 bridgehead atoms. The Morgan fingerprint density at radius 3 is 2.65 bits per heavy atom. The van der Waals surface area contributed by atoms with E-state index >= 15 is 0 Å². The molecule has 0 radical (unpaired) electrons. The Bertz CT molecular complexity index is 962. The number of carboxylic acid groups (broad SMARTS) is 1. The van der Waals surface area contributed by atoms with E-state index in [9.17, 15) is 9.90 Å². The van der Waals surface area contributed by atoms with Crippen LogP contribution < -0.4 is 0 Å². The molecule has 0 saturated heterocycles. The summed E-state index contributed by atoms with van der Waals surface area (Å²) in [5.41, 5.74) is 1.03. The fourth-order valence-corrected chi connectivity index (χ4v) is 2.65. The maximum absolute atomic E-state index is 11.5. The summed E-state index contributed by atoms with van der Waals surface area (Å²) >= 11 is 0. The summed E-state index contributed by atoms with van der Waals surface area (Å²) in [6, 6.07) is 17.4. The van der Waals surface area contributed by atoms with Crippen molar-refractivity contribution < 1.29 is 9.90 Å². The third-order valence-electron chi connectivity index (χ3n) is 3.87. The average molecular weight is 346 g/mol. The highest BCUT2D eigenvalue weighted by molar-refractivity contribution is 5.89. The second-order valence-electron chi connectivity index (χ2n) is 5.98. The molecule has 1 aromatic heterocycles. The predicted octanol–water partition coefficient (Wildman–Crippen LogP) is 4.56. The smallest absolute Gasteiger partial charge is 0.356 e. The molecule has 1 unspecified atom stereocenters. The van der Waals surface area contributed by atoms with Gasteiger partial charge in [-0.25, -0.2) is 4.79 Å². The van der Waals surface area contributed by atoms with Crippen LogP contribution in [0.3, 0.4) is 0 Å². The standard InChI is InChI=1S/C20H18N4O2/c1-14(11-15-7-3-2-4-8-15)12-18(20(25)26)22-24-19-17-10-6-5-9-16(17)13-21-23-19/h2-10,12-14H,11H2,1H3,(H,25,26). The summed E-state index contributed by atoms with van der Waals surface area (Å²) in [7, 11) is 0. The van der Waals surface area contributed by atoms with E-state index in [0.717, 1.165) is 22.8 Å². The van der Waals surface area contributed by atoms with Crippen molar-refractivity contribution in [1.82, 2.24) is 10.2 Å². The van der Waals surface area contributed by atoms with E-state index in [4.69, 9.17) is 0 Å². The number of allylic oxidation sites excluding steroid dienone is 1. The Labute approximate surface area is 150 Å². The van der Waals surface area contributed by atoms with Gasteiger partial charge in [-0.3, -0.25) is 0 Å². The molecule has 0 spiro atoms. The van der Waals surface area contributed by atoms with Crippen LogP contribution in [0.4, 0.5) is 5.82 Å². The number of azo groups is 1. The minimum absolute atomic E-state index is 0.000974. The largest absolute Gasteiger partial charge is 0.476 e. The van der Waals surface area contributed by atoms with Gasteiger partial charge in [-0.2, -0.15) is 5.10 Å².